The van der Waals surface area contributed by atoms with Gasteiger partial charge in [-0.15, -0.1) is 0 Å². The molecule has 0 aliphatic carbocycles. The molecule has 2 aromatic rings. The molecular formula is C15H15N3O. The Kier molecular flexibility index (Phi) is 2.99. The summed E-state index contributed by atoms with van der Waals surface area (Å²) < 4.78 is 0. The first-order valence-corrected chi connectivity index (χ1v) is 6.42. The number of aromatic nitrogens is 2. The SMILES string of the molecule is CC1CCN(c2cnccn2)c2ccc(C=O)cc21. The number of fused-ring (bicyclic) bond motifs is 1. The molecule has 4 nitrogen and oxygen atoms in total. The molecule has 1 aliphatic heterocycles. The quantitative estimate of drug-likeness (QED) is 0.772. The van der Waals surface area contributed by atoms with Crippen LogP contribution in [0.1, 0.15) is 35.2 Å². The van der Waals surface area contributed by atoms with Crippen molar-refractivity contribution in [1.82, 2.24) is 9.97 Å². The summed E-state index contributed by atoms with van der Waals surface area (Å²) in [6.45, 7) is 3.12. The largest absolute Gasteiger partial charge is 0.325 e. The first-order valence-electron chi connectivity index (χ1n) is 6.42. The lowest BCUT2D eigenvalue weighted by Crippen LogP contribution is -2.27. The maximum absolute atomic E-state index is 10.9. The molecule has 1 aliphatic rings. The Balaban J connectivity index is 2.08. The molecule has 0 radical (unpaired) electrons. The van der Waals surface area contributed by atoms with Crippen LogP contribution in [0.15, 0.2) is 36.8 Å². The van der Waals surface area contributed by atoms with E-state index in [9.17, 15) is 4.79 Å². The Hall–Kier alpha value is -2.23. The summed E-state index contributed by atoms with van der Waals surface area (Å²) in [5.41, 5.74) is 3.07. The van der Waals surface area contributed by atoms with Gasteiger partial charge in [0.1, 0.15) is 6.29 Å². The van der Waals surface area contributed by atoms with Crippen LogP contribution in [0.3, 0.4) is 0 Å². The summed E-state index contributed by atoms with van der Waals surface area (Å²) in [5.74, 6) is 1.32. The molecule has 0 fully saturated rings. The fourth-order valence-corrected chi connectivity index (χ4v) is 2.55. The molecule has 19 heavy (non-hydrogen) atoms. The summed E-state index contributed by atoms with van der Waals surface area (Å²) in [6, 6.07) is 5.84. The van der Waals surface area contributed by atoms with Gasteiger partial charge in [-0.25, -0.2) is 4.98 Å². The van der Waals surface area contributed by atoms with Gasteiger partial charge >= 0.3 is 0 Å². The van der Waals surface area contributed by atoms with E-state index in [-0.39, 0.29) is 0 Å². The van der Waals surface area contributed by atoms with Crippen LogP contribution in [0.25, 0.3) is 0 Å². The van der Waals surface area contributed by atoms with Gasteiger partial charge in [-0.3, -0.25) is 9.78 Å². The fourth-order valence-electron chi connectivity index (χ4n) is 2.55. The van der Waals surface area contributed by atoms with Crippen LogP contribution in [0.2, 0.25) is 0 Å². The zero-order valence-corrected chi connectivity index (χ0v) is 10.8. The first kappa shape index (κ1) is 11.8. The van der Waals surface area contributed by atoms with Gasteiger partial charge in [-0.1, -0.05) is 6.92 Å². The molecule has 0 spiro atoms. The zero-order chi connectivity index (χ0) is 13.2. The average Bonchev–Trinajstić information content (AvgIpc) is 2.48. The number of hydrogen-bond acceptors (Lipinski definition) is 4. The highest BCUT2D eigenvalue weighted by Gasteiger charge is 2.24. The van der Waals surface area contributed by atoms with Crippen LogP contribution in [-0.2, 0) is 0 Å². The standard InChI is InChI=1S/C15H15N3O/c1-11-4-7-18(15-9-16-5-6-17-15)14-3-2-12(10-19)8-13(11)14/h2-3,5-6,8-11H,4,7H2,1H3. The molecule has 96 valence electrons. The Morgan fingerprint density at radius 1 is 1.37 bits per heavy atom. The van der Waals surface area contributed by atoms with Gasteiger partial charge in [0.05, 0.1) is 6.20 Å². The predicted molar refractivity (Wildman–Crippen MR) is 73.9 cm³/mol. The second-order valence-corrected chi connectivity index (χ2v) is 4.84. The summed E-state index contributed by atoms with van der Waals surface area (Å²) in [6.07, 6.45) is 7.09. The van der Waals surface area contributed by atoms with E-state index < -0.39 is 0 Å². The van der Waals surface area contributed by atoms with Crippen LogP contribution < -0.4 is 4.90 Å². The smallest absolute Gasteiger partial charge is 0.151 e. The lowest BCUT2D eigenvalue weighted by Gasteiger charge is -2.33. The highest BCUT2D eigenvalue weighted by molar-refractivity contribution is 5.78. The second kappa shape index (κ2) is 4.80. The van der Waals surface area contributed by atoms with Crippen molar-refractivity contribution in [3.05, 3.63) is 47.9 Å². The number of carbonyl (C=O) groups excluding carboxylic acids is 1. The van der Waals surface area contributed by atoms with E-state index in [1.165, 1.54) is 5.56 Å². The third-order valence-electron chi connectivity index (χ3n) is 3.62. The molecule has 0 saturated heterocycles. The second-order valence-electron chi connectivity index (χ2n) is 4.84. The number of benzene rings is 1. The van der Waals surface area contributed by atoms with E-state index in [0.29, 0.717) is 5.92 Å². The van der Waals surface area contributed by atoms with Crippen molar-refractivity contribution < 1.29 is 4.79 Å². The molecular weight excluding hydrogens is 238 g/mol. The zero-order valence-electron chi connectivity index (χ0n) is 10.8. The molecule has 4 heteroatoms. The van der Waals surface area contributed by atoms with Crippen LogP contribution in [-0.4, -0.2) is 22.8 Å². The van der Waals surface area contributed by atoms with E-state index in [1.54, 1.807) is 18.6 Å². The number of carbonyl (C=O) groups is 1. The number of aldehydes is 1. The Morgan fingerprint density at radius 3 is 3.00 bits per heavy atom. The van der Waals surface area contributed by atoms with Gasteiger partial charge in [0.15, 0.2) is 5.82 Å². The fraction of sp³-hybridized carbons (Fsp3) is 0.267. The maximum Gasteiger partial charge on any atom is 0.151 e. The van der Waals surface area contributed by atoms with E-state index in [4.69, 9.17) is 0 Å². The highest BCUT2D eigenvalue weighted by Crippen LogP contribution is 2.38. The van der Waals surface area contributed by atoms with Crippen molar-refractivity contribution in [2.24, 2.45) is 0 Å². The van der Waals surface area contributed by atoms with Gasteiger partial charge in [0.25, 0.3) is 0 Å². The van der Waals surface area contributed by atoms with Gasteiger partial charge in [0, 0.05) is 30.2 Å². The summed E-state index contributed by atoms with van der Waals surface area (Å²) in [4.78, 5) is 21.6. The number of nitrogens with zero attached hydrogens (tertiary/aromatic N) is 3. The topological polar surface area (TPSA) is 46.1 Å². The summed E-state index contributed by atoms with van der Waals surface area (Å²) in [7, 11) is 0. The monoisotopic (exact) mass is 253 g/mol. The molecule has 1 aromatic carbocycles. The van der Waals surface area contributed by atoms with Crippen LogP contribution in [0.5, 0.6) is 0 Å². The van der Waals surface area contributed by atoms with Crippen molar-refractivity contribution in [2.45, 2.75) is 19.3 Å². The van der Waals surface area contributed by atoms with Crippen LogP contribution >= 0.6 is 0 Å². The van der Waals surface area contributed by atoms with Crippen molar-refractivity contribution >= 4 is 17.8 Å². The van der Waals surface area contributed by atoms with E-state index >= 15 is 0 Å². The summed E-state index contributed by atoms with van der Waals surface area (Å²) in [5, 5.41) is 0. The molecule has 0 amide bonds. The average molecular weight is 253 g/mol. The molecule has 1 atom stereocenters. The van der Waals surface area contributed by atoms with Crippen LogP contribution in [0.4, 0.5) is 11.5 Å². The van der Waals surface area contributed by atoms with Crippen LogP contribution in [0, 0.1) is 0 Å². The normalized spacial score (nSPS) is 17.9. The van der Waals surface area contributed by atoms with Crippen molar-refractivity contribution in [3.63, 3.8) is 0 Å². The molecule has 0 bridgehead atoms. The molecule has 0 N–H and O–H groups in total. The minimum atomic E-state index is 0.461. The van der Waals surface area contributed by atoms with Crippen molar-refractivity contribution in [3.8, 4) is 0 Å². The van der Waals surface area contributed by atoms with Crippen molar-refractivity contribution in [1.29, 1.82) is 0 Å². The lowest BCUT2D eigenvalue weighted by atomic mass is 9.90. The molecule has 1 aromatic heterocycles. The minimum Gasteiger partial charge on any atom is -0.325 e. The van der Waals surface area contributed by atoms with E-state index in [2.05, 4.69) is 21.8 Å². The molecule has 1 unspecified atom stereocenters. The Labute approximate surface area is 112 Å². The Morgan fingerprint density at radius 2 is 2.26 bits per heavy atom. The predicted octanol–water partition coefficient (Wildman–Crippen LogP) is 2.93. The van der Waals surface area contributed by atoms with Gasteiger partial charge in [0.2, 0.25) is 0 Å². The molecule has 2 heterocycles. The maximum atomic E-state index is 10.9. The third kappa shape index (κ3) is 2.10. The minimum absolute atomic E-state index is 0.461. The third-order valence-corrected chi connectivity index (χ3v) is 3.62. The number of rotatable bonds is 2. The lowest BCUT2D eigenvalue weighted by molar-refractivity contribution is 0.112. The highest BCUT2D eigenvalue weighted by atomic mass is 16.1. The first-order chi connectivity index (χ1) is 9.29. The summed E-state index contributed by atoms with van der Waals surface area (Å²) >= 11 is 0. The van der Waals surface area contributed by atoms with E-state index in [0.717, 1.165) is 36.3 Å². The number of anilines is 2. The molecule has 3 rings (SSSR count). The van der Waals surface area contributed by atoms with E-state index in [1.807, 2.05) is 18.2 Å². The molecule has 0 saturated carbocycles. The van der Waals surface area contributed by atoms with Crippen molar-refractivity contribution in [2.75, 3.05) is 11.4 Å². The van der Waals surface area contributed by atoms with Gasteiger partial charge in [-0.05, 0) is 36.1 Å². The Bertz CT molecular complexity index is 598. The van der Waals surface area contributed by atoms with Gasteiger partial charge in [-0.2, -0.15) is 0 Å². The van der Waals surface area contributed by atoms with Gasteiger partial charge < -0.3 is 4.90 Å². The number of hydrogen-bond donors (Lipinski definition) is 0.